The van der Waals surface area contributed by atoms with Gasteiger partial charge in [-0.05, 0) is 31.5 Å². The number of hydrogen-bond donors (Lipinski definition) is 3. The molecule has 1 aliphatic rings. The van der Waals surface area contributed by atoms with Crippen molar-refractivity contribution >= 4 is 41.5 Å². The lowest BCUT2D eigenvalue weighted by Crippen LogP contribution is -2.43. The van der Waals surface area contributed by atoms with Crippen molar-refractivity contribution in [1.82, 2.24) is 10.6 Å². The molecule has 0 aliphatic carbocycles. The molecule has 0 saturated carbocycles. The summed E-state index contributed by atoms with van der Waals surface area (Å²) >= 11 is 11.9. The summed E-state index contributed by atoms with van der Waals surface area (Å²) in [4.78, 5) is 11.9. The minimum atomic E-state index is -0.810. The predicted molar refractivity (Wildman–Crippen MR) is 93.8 cm³/mol. The van der Waals surface area contributed by atoms with Crippen molar-refractivity contribution in [3.05, 3.63) is 28.2 Å². The maximum absolute atomic E-state index is 11.9. The van der Waals surface area contributed by atoms with Crippen LogP contribution in [0, 0.1) is 5.92 Å². The second kappa shape index (κ2) is 10.2. The van der Waals surface area contributed by atoms with Crippen LogP contribution in [0.15, 0.2) is 18.2 Å². The van der Waals surface area contributed by atoms with Crippen LogP contribution in [-0.4, -0.2) is 43.4 Å². The van der Waals surface area contributed by atoms with Crippen molar-refractivity contribution < 1.29 is 14.6 Å². The zero-order valence-electron chi connectivity index (χ0n) is 12.6. The van der Waals surface area contributed by atoms with Crippen LogP contribution in [-0.2, 0) is 4.79 Å². The van der Waals surface area contributed by atoms with E-state index in [1.807, 2.05) is 0 Å². The SMILES string of the molecule is Cl.O=C(NCC(O)COc1cccc(Cl)c1Cl)C1CCCNC1. The van der Waals surface area contributed by atoms with E-state index in [0.717, 1.165) is 19.4 Å². The molecule has 0 radical (unpaired) electrons. The van der Waals surface area contributed by atoms with E-state index in [4.69, 9.17) is 27.9 Å². The van der Waals surface area contributed by atoms with Gasteiger partial charge in [0.25, 0.3) is 0 Å². The minimum Gasteiger partial charge on any atom is -0.489 e. The van der Waals surface area contributed by atoms with Crippen LogP contribution in [0.4, 0.5) is 0 Å². The zero-order chi connectivity index (χ0) is 15.9. The van der Waals surface area contributed by atoms with Gasteiger partial charge in [0.15, 0.2) is 0 Å². The fourth-order valence-corrected chi connectivity index (χ4v) is 2.63. The molecule has 2 atom stereocenters. The maximum Gasteiger partial charge on any atom is 0.224 e. The monoisotopic (exact) mass is 382 g/mol. The van der Waals surface area contributed by atoms with E-state index in [1.165, 1.54) is 0 Å². The first-order valence-electron chi connectivity index (χ1n) is 7.31. The Bertz CT molecular complexity index is 511. The Morgan fingerprint density at radius 1 is 1.48 bits per heavy atom. The van der Waals surface area contributed by atoms with Gasteiger partial charge in [-0.3, -0.25) is 4.79 Å². The van der Waals surface area contributed by atoms with E-state index in [-0.39, 0.29) is 37.4 Å². The lowest BCUT2D eigenvalue weighted by atomic mass is 9.99. The van der Waals surface area contributed by atoms with Crippen LogP contribution in [0.25, 0.3) is 0 Å². The Morgan fingerprint density at radius 3 is 2.96 bits per heavy atom. The van der Waals surface area contributed by atoms with E-state index in [2.05, 4.69) is 10.6 Å². The Labute approximate surface area is 152 Å². The summed E-state index contributed by atoms with van der Waals surface area (Å²) in [5, 5.41) is 16.5. The molecular formula is C15H21Cl3N2O3. The van der Waals surface area contributed by atoms with Crippen LogP contribution < -0.4 is 15.4 Å². The van der Waals surface area contributed by atoms with Crippen LogP contribution in [0.3, 0.4) is 0 Å². The van der Waals surface area contributed by atoms with Gasteiger partial charge in [0.2, 0.25) is 5.91 Å². The summed E-state index contributed by atoms with van der Waals surface area (Å²) in [5.41, 5.74) is 0. The molecule has 2 rings (SSSR count). The first kappa shape index (κ1) is 20.3. The summed E-state index contributed by atoms with van der Waals surface area (Å²) in [5.74, 6) is 0.354. The lowest BCUT2D eigenvalue weighted by Gasteiger charge is -2.22. The summed E-state index contributed by atoms with van der Waals surface area (Å²) in [6.45, 7) is 1.83. The largest absolute Gasteiger partial charge is 0.489 e. The average Bonchev–Trinajstić information content (AvgIpc) is 2.54. The number of benzene rings is 1. The summed E-state index contributed by atoms with van der Waals surface area (Å²) in [7, 11) is 0. The molecule has 1 heterocycles. The zero-order valence-corrected chi connectivity index (χ0v) is 14.9. The number of carbonyl (C=O) groups is 1. The summed E-state index contributed by atoms with van der Waals surface area (Å²) < 4.78 is 5.43. The van der Waals surface area contributed by atoms with Gasteiger partial charge in [-0.15, -0.1) is 12.4 Å². The van der Waals surface area contributed by atoms with Crippen LogP contribution in [0.2, 0.25) is 10.0 Å². The van der Waals surface area contributed by atoms with Gasteiger partial charge in [-0.2, -0.15) is 0 Å². The first-order valence-corrected chi connectivity index (χ1v) is 8.07. The van der Waals surface area contributed by atoms with Crippen molar-refractivity contribution in [1.29, 1.82) is 0 Å². The van der Waals surface area contributed by atoms with Crippen molar-refractivity contribution in [2.24, 2.45) is 5.92 Å². The Balaban J connectivity index is 0.00000264. The molecule has 1 saturated heterocycles. The fourth-order valence-electron chi connectivity index (χ4n) is 2.28. The lowest BCUT2D eigenvalue weighted by molar-refractivity contribution is -0.126. The molecule has 3 N–H and O–H groups in total. The molecule has 1 amide bonds. The fraction of sp³-hybridized carbons (Fsp3) is 0.533. The molecule has 1 aromatic carbocycles. The molecule has 0 aromatic heterocycles. The molecule has 2 unspecified atom stereocenters. The third-order valence-electron chi connectivity index (χ3n) is 3.53. The molecule has 1 aliphatic heterocycles. The summed E-state index contributed by atoms with van der Waals surface area (Å²) in [6.07, 6.45) is 1.07. The standard InChI is InChI=1S/C15H20Cl2N2O3.ClH/c16-12-4-1-5-13(14(12)17)22-9-11(20)8-19-15(21)10-3-2-6-18-7-10;/h1,4-5,10-11,18,20H,2-3,6-9H2,(H,19,21);1H. The third-order valence-corrected chi connectivity index (χ3v) is 4.33. The van der Waals surface area contributed by atoms with Gasteiger partial charge in [-0.1, -0.05) is 29.3 Å². The number of ether oxygens (including phenoxy) is 1. The number of aliphatic hydroxyl groups is 1. The van der Waals surface area contributed by atoms with Gasteiger partial charge < -0.3 is 20.5 Å². The number of amides is 1. The Kier molecular flexibility index (Phi) is 9.02. The quantitative estimate of drug-likeness (QED) is 0.705. The molecule has 1 fully saturated rings. The van der Waals surface area contributed by atoms with Crippen LogP contribution in [0.1, 0.15) is 12.8 Å². The van der Waals surface area contributed by atoms with Gasteiger partial charge in [-0.25, -0.2) is 0 Å². The molecule has 0 bridgehead atoms. The highest BCUT2D eigenvalue weighted by atomic mass is 35.5. The molecule has 5 nitrogen and oxygen atoms in total. The van der Waals surface area contributed by atoms with Crippen molar-refractivity contribution in [2.75, 3.05) is 26.2 Å². The number of piperidine rings is 1. The topological polar surface area (TPSA) is 70.6 Å². The number of carbonyl (C=O) groups excluding carboxylic acids is 1. The maximum atomic E-state index is 11.9. The molecule has 8 heteroatoms. The number of aliphatic hydroxyl groups excluding tert-OH is 1. The van der Waals surface area contributed by atoms with Crippen molar-refractivity contribution in [2.45, 2.75) is 18.9 Å². The van der Waals surface area contributed by atoms with Gasteiger partial charge >= 0.3 is 0 Å². The van der Waals surface area contributed by atoms with Crippen molar-refractivity contribution in [3.8, 4) is 5.75 Å². The van der Waals surface area contributed by atoms with Gasteiger partial charge in [0.1, 0.15) is 23.5 Å². The Morgan fingerprint density at radius 2 is 2.26 bits per heavy atom. The summed E-state index contributed by atoms with van der Waals surface area (Å²) in [6, 6.07) is 5.05. The van der Waals surface area contributed by atoms with Crippen LogP contribution >= 0.6 is 35.6 Å². The first-order chi connectivity index (χ1) is 10.6. The number of nitrogens with one attached hydrogen (secondary N) is 2. The second-order valence-electron chi connectivity index (χ2n) is 5.31. The van der Waals surface area contributed by atoms with Crippen LogP contribution in [0.5, 0.6) is 5.75 Å². The molecule has 130 valence electrons. The average molecular weight is 384 g/mol. The molecule has 1 aromatic rings. The predicted octanol–water partition coefficient (Wildman–Crippen LogP) is 2.27. The number of halogens is 3. The third kappa shape index (κ3) is 6.36. The number of rotatable bonds is 6. The highest BCUT2D eigenvalue weighted by Gasteiger charge is 2.21. The van der Waals surface area contributed by atoms with E-state index in [9.17, 15) is 9.90 Å². The van der Waals surface area contributed by atoms with E-state index in [1.54, 1.807) is 18.2 Å². The van der Waals surface area contributed by atoms with E-state index < -0.39 is 6.10 Å². The van der Waals surface area contributed by atoms with Crippen molar-refractivity contribution in [3.63, 3.8) is 0 Å². The number of hydrogen-bond acceptors (Lipinski definition) is 4. The van der Waals surface area contributed by atoms with Gasteiger partial charge in [0.05, 0.1) is 10.9 Å². The molecule has 23 heavy (non-hydrogen) atoms. The minimum absolute atomic E-state index is 0. The normalized spacial score (nSPS) is 18.7. The highest BCUT2D eigenvalue weighted by Crippen LogP contribution is 2.31. The van der Waals surface area contributed by atoms with E-state index >= 15 is 0 Å². The highest BCUT2D eigenvalue weighted by molar-refractivity contribution is 6.42. The molecule has 0 spiro atoms. The van der Waals surface area contributed by atoms with E-state index in [0.29, 0.717) is 22.3 Å². The smallest absolute Gasteiger partial charge is 0.224 e. The molecular weight excluding hydrogens is 363 g/mol. The Hall–Kier alpha value is -0.720. The van der Waals surface area contributed by atoms with Gasteiger partial charge in [0, 0.05) is 13.1 Å². The second-order valence-corrected chi connectivity index (χ2v) is 6.09.